The van der Waals surface area contributed by atoms with Gasteiger partial charge in [0.15, 0.2) is 5.13 Å². The van der Waals surface area contributed by atoms with E-state index in [1.54, 1.807) is 0 Å². The van der Waals surface area contributed by atoms with Gasteiger partial charge in [0, 0.05) is 33.7 Å². The minimum atomic E-state index is 0.0291. The van der Waals surface area contributed by atoms with Crippen LogP contribution in [0.3, 0.4) is 0 Å². The topological polar surface area (TPSA) is 65.7 Å². The highest BCUT2D eigenvalue weighted by Crippen LogP contribution is 2.29. The van der Waals surface area contributed by atoms with Crippen LogP contribution in [0.25, 0.3) is 0 Å². The van der Waals surface area contributed by atoms with Crippen molar-refractivity contribution in [1.82, 2.24) is 14.8 Å². The Balaban J connectivity index is 1.99. The molecule has 1 aromatic rings. The summed E-state index contributed by atoms with van der Waals surface area (Å²) < 4.78 is 0. The molecule has 2 rings (SSSR count). The van der Waals surface area contributed by atoms with E-state index in [1.807, 2.05) is 23.9 Å². The van der Waals surface area contributed by atoms with E-state index in [-0.39, 0.29) is 5.91 Å². The lowest BCUT2D eigenvalue weighted by Gasteiger charge is -2.33. The number of anilines is 2. The number of amides is 1. The van der Waals surface area contributed by atoms with E-state index < -0.39 is 0 Å². The van der Waals surface area contributed by atoms with Crippen LogP contribution in [-0.4, -0.2) is 68.5 Å². The average Bonchev–Trinajstić information content (AvgIpc) is 2.80. The Labute approximate surface area is 130 Å². The quantitative estimate of drug-likeness (QED) is 0.905. The van der Waals surface area contributed by atoms with Crippen molar-refractivity contribution in [3.63, 3.8) is 0 Å². The van der Waals surface area contributed by atoms with Crippen LogP contribution in [-0.2, 0) is 0 Å². The summed E-state index contributed by atoms with van der Waals surface area (Å²) in [6.45, 7) is 2.72. The number of nitrogen functional groups attached to an aromatic ring is 1. The first-order valence-electron chi connectivity index (χ1n) is 7.26. The summed E-state index contributed by atoms with van der Waals surface area (Å²) in [6.07, 6.45) is 2.12. The monoisotopic (exact) mass is 311 g/mol. The molecule has 0 aliphatic carbocycles. The standard InChI is InChI=1S/C14H25N5OS/c1-17(2)9-10-5-7-19(8-6-10)13(20)11-12(15)16-14(21-11)18(3)4/h10H,5-9,15H2,1-4H3. The van der Waals surface area contributed by atoms with Gasteiger partial charge >= 0.3 is 0 Å². The third kappa shape index (κ3) is 3.85. The predicted octanol–water partition coefficient (Wildman–Crippen LogP) is 1.21. The minimum absolute atomic E-state index is 0.0291. The van der Waals surface area contributed by atoms with Gasteiger partial charge in [0.1, 0.15) is 10.7 Å². The summed E-state index contributed by atoms with van der Waals surface area (Å²) in [5, 5.41) is 0.776. The molecule has 6 nitrogen and oxygen atoms in total. The fourth-order valence-electron chi connectivity index (χ4n) is 2.64. The van der Waals surface area contributed by atoms with Gasteiger partial charge in [-0.2, -0.15) is 0 Å². The zero-order chi connectivity index (χ0) is 15.6. The molecule has 0 unspecified atom stereocenters. The molecule has 21 heavy (non-hydrogen) atoms. The van der Waals surface area contributed by atoms with Gasteiger partial charge in [0.05, 0.1) is 0 Å². The maximum absolute atomic E-state index is 12.6. The molecule has 1 fully saturated rings. The van der Waals surface area contributed by atoms with Crippen molar-refractivity contribution >= 4 is 28.2 Å². The fourth-order valence-corrected chi connectivity index (χ4v) is 3.52. The second-order valence-electron chi connectivity index (χ2n) is 6.10. The van der Waals surface area contributed by atoms with Gasteiger partial charge in [0.2, 0.25) is 0 Å². The molecule has 0 radical (unpaired) electrons. The number of likely N-dealkylation sites (tertiary alicyclic amines) is 1. The van der Waals surface area contributed by atoms with Crippen LogP contribution >= 0.6 is 11.3 Å². The highest BCUT2D eigenvalue weighted by molar-refractivity contribution is 7.18. The number of nitrogens with two attached hydrogens (primary N) is 1. The van der Waals surface area contributed by atoms with E-state index >= 15 is 0 Å². The van der Waals surface area contributed by atoms with Crippen LogP contribution in [0, 0.1) is 5.92 Å². The molecule has 2 heterocycles. The van der Waals surface area contributed by atoms with E-state index in [1.165, 1.54) is 11.3 Å². The molecule has 0 saturated carbocycles. The van der Waals surface area contributed by atoms with Gasteiger partial charge in [-0.05, 0) is 32.9 Å². The Kier molecular flexibility index (Phi) is 5.05. The Morgan fingerprint density at radius 1 is 1.33 bits per heavy atom. The number of aromatic nitrogens is 1. The van der Waals surface area contributed by atoms with E-state index in [2.05, 4.69) is 24.0 Å². The maximum Gasteiger partial charge on any atom is 0.267 e. The largest absolute Gasteiger partial charge is 0.382 e. The first-order valence-corrected chi connectivity index (χ1v) is 8.07. The zero-order valence-electron chi connectivity index (χ0n) is 13.3. The second-order valence-corrected chi connectivity index (χ2v) is 7.08. The molecule has 2 N–H and O–H groups in total. The molecule has 1 amide bonds. The van der Waals surface area contributed by atoms with Gasteiger partial charge in [-0.25, -0.2) is 4.98 Å². The fraction of sp³-hybridized carbons (Fsp3) is 0.714. The first-order chi connectivity index (χ1) is 9.88. The predicted molar refractivity (Wildman–Crippen MR) is 88.0 cm³/mol. The Bertz CT molecular complexity index is 492. The number of piperidine rings is 1. The van der Waals surface area contributed by atoms with Crippen molar-refractivity contribution in [2.45, 2.75) is 12.8 Å². The van der Waals surface area contributed by atoms with E-state index in [0.717, 1.165) is 37.6 Å². The van der Waals surface area contributed by atoms with Crippen LogP contribution < -0.4 is 10.6 Å². The SMILES string of the molecule is CN(C)CC1CCN(C(=O)c2sc(N(C)C)nc2N)CC1. The summed E-state index contributed by atoms with van der Waals surface area (Å²) in [6, 6.07) is 0. The lowest BCUT2D eigenvalue weighted by molar-refractivity contribution is 0.0683. The number of hydrogen-bond donors (Lipinski definition) is 1. The highest BCUT2D eigenvalue weighted by atomic mass is 32.1. The number of carbonyl (C=O) groups excluding carboxylic acids is 1. The lowest BCUT2D eigenvalue weighted by atomic mass is 9.96. The molecule has 1 aromatic heterocycles. The van der Waals surface area contributed by atoms with E-state index in [4.69, 9.17) is 5.73 Å². The molecule has 7 heteroatoms. The van der Waals surface area contributed by atoms with Crippen LogP contribution in [0.15, 0.2) is 0 Å². The van der Waals surface area contributed by atoms with Crippen molar-refractivity contribution in [3.8, 4) is 0 Å². The molecule has 0 spiro atoms. The van der Waals surface area contributed by atoms with Crippen LogP contribution in [0.4, 0.5) is 10.9 Å². The molecular weight excluding hydrogens is 286 g/mol. The zero-order valence-corrected chi connectivity index (χ0v) is 14.1. The van der Waals surface area contributed by atoms with Gasteiger partial charge in [0.25, 0.3) is 5.91 Å². The van der Waals surface area contributed by atoms with Crippen LogP contribution in [0.1, 0.15) is 22.5 Å². The van der Waals surface area contributed by atoms with Gasteiger partial charge in [-0.3, -0.25) is 4.79 Å². The van der Waals surface area contributed by atoms with Crippen LogP contribution in [0.2, 0.25) is 0 Å². The summed E-state index contributed by atoms with van der Waals surface area (Å²) in [5.74, 6) is 1.06. The van der Waals surface area contributed by atoms with Gasteiger partial charge in [-0.15, -0.1) is 0 Å². The highest BCUT2D eigenvalue weighted by Gasteiger charge is 2.27. The summed E-state index contributed by atoms with van der Waals surface area (Å²) in [7, 11) is 8.00. The summed E-state index contributed by atoms with van der Waals surface area (Å²) in [5.41, 5.74) is 5.90. The maximum atomic E-state index is 12.6. The smallest absolute Gasteiger partial charge is 0.267 e. The lowest BCUT2D eigenvalue weighted by Crippen LogP contribution is -2.40. The molecular formula is C14H25N5OS. The molecule has 118 valence electrons. The average molecular weight is 311 g/mol. The second kappa shape index (κ2) is 6.62. The van der Waals surface area contributed by atoms with Crippen molar-refractivity contribution in [3.05, 3.63) is 4.88 Å². The third-order valence-corrected chi connectivity index (χ3v) is 4.97. The van der Waals surface area contributed by atoms with Gasteiger partial charge < -0.3 is 20.4 Å². The van der Waals surface area contributed by atoms with Crippen molar-refractivity contribution in [2.24, 2.45) is 5.92 Å². The van der Waals surface area contributed by atoms with Gasteiger partial charge in [-0.1, -0.05) is 11.3 Å². The first kappa shape index (κ1) is 16.0. The molecule has 0 bridgehead atoms. The normalized spacial score (nSPS) is 16.5. The Hall–Kier alpha value is -1.34. The summed E-state index contributed by atoms with van der Waals surface area (Å²) >= 11 is 1.37. The third-order valence-electron chi connectivity index (χ3n) is 3.74. The van der Waals surface area contributed by atoms with Crippen LogP contribution in [0.5, 0.6) is 0 Å². The minimum Gasteiger partial charge on any atom is -0.382 e. The number of rotatable bonds is 4. The van der Waals surface area contributed by atoms with E-state index in [9.17, 15) is 4.79 Å². The molecule has 1 aliphatic heterocycles. The van der Waals surface area contributed by atoms with Crippen molar-refractivity contribution in [1.29, 1.82) is 0 Å². The number of carbonyl (C=O) groups is 1. The van der Waals surface area contributed by atoms with Crippen molar-refractivity contribution in [2.75, 3.05) is 58.5 Å². The molecule has 1 saturated heterocycles. The molecule has 0 atom stereocenters. The number of hydrogen-bond acceptors (Lipinski definition) is 6. The van der Waals surface area contributed by atoms with E-state index in [0.29, 0.717) is 16.6 Å². The Morgan fingerprint density at radius 3 is 2.43 bits per heavy atom. The summed E-state index contributed by atoms with van der Waals surface area (Å²) in [4.78, 5) is 23.4. The molecule has 0 aromatic carbocycles. The number of thiazole rings is 1. The van der Waals surface area contributed by atoms with Crippen molar-refractivity contribution < 1.29 is 4.79 Å². The number of nitrogens with zero attached hydrogens (tertiary/aromatic N) is 4. The Morgan fingerprint density at radius 2 is 1.95 bits per heavy atom. The molecule has 1 aliphatic rings.